The Labute approximate surface area is 120 Å². The van der Waals surface area contributed by atoms with E-state index in [0.29, 0.717) is 13.2 Å². The molecule has 4 nitrogen and oxygen atoms in total. The summed E-state index contributed by atoms with van der Waals surface area (Å²) in [5, 5.41) is 3.27. The Balaban J connectivity index is 2.00. The van der Waals surface area contributed by atoms with Crippen LogP contribution < -0.4 is 10.1 Å². The second-order valence-corrected chi connectivity index (χ2v) is 5.67. The molecule has 1 atom stereocenters. The standard InChI is InChI=1S/C16H23NO3/c1-12(2)16(7-8-17-11-16)15(18)20-10-13-5-4-6-14(9-13)19-3/h4-6,9,12,17H,7-8,10-11H2,1-3H3. The van der Waals surface area contributed by atoms with Gasteiger partial charge in [-0.25, -0.2) is 0 Å². The van der Waals surface area contributed by atoms with E-state index in [2.05, 4.69) is 19.2 Å². The summed E-state index contributed by atoms with van der Waals surface area (Å²) < 4.78 is 10.7. The summed E-state index contributed by atoms with van der Waals surface area (Å²) >= 11 is 0. The van der Waals surface area contributed by atoms with E-state index in [4.69, 9.17) is 9.47 Å². The van der Waals surface area contributed by atoms with Gasteiger partial charge in [0.1, 0.15) is 12.4 Å². The molecule has 1 aliphatic heterocycles. The molecule has 0 radical (unpaired) electrons. The smallest absolute Gasteiger partial charge is 0.314 e. The van der Waals surface area contributed by atoms with E-state index in [0.717, 1.165) is 24.3 Å². The highest BCUT2D eigenvalue weighted by Gasteiger charge is 2.45. The van der Waals surface area contributed by atoms with Crippen molar-refractivity contribution in [2.24, 2.45) is 11.3 Å². The molecule has 0 amide bonds. The van der Waals surface area contributed by atoms with Crippen LogP contribution in [0.2, 0.25) is 0 Å². The summed E-state index contributed by atoms with van der Waals surface area (Å²) in [4.78, 5) is 12.4. The van der Waals surface area contributed by atoms with Crippen LogP contribution in [0.5, 0.6) is 5.75 Å². The Morgan fingerprint density at radius 3 is 2.85 bits per heavy atom. The van der Waals surface area contributed by atoms with Gasteiger partial charge in [0.05, 0.1) is 12.5 Å². The van der Waals surface area contributed by atoms with Gasteiger partial charge in [-0.3, -0.25) is 4.79 Å². The minimum atomic E-state index is -0.376. The molecule has 1 unspecified atom stereocenters. The molecule has 1 fully saturated rings. The number of ether oxygens (including phenoxy) is 2. The molecule has 0 aliphatic carbocycles. The minimum Gasteiger partial charge on any atom is -0.497 e. The van der Waals surface area contributed by atoms with E-state index in [1.54, 1.807) is 7.11 Å². The fourth-order valence-electron chi connectivity index (χ4n) is 2.67. The number of carbonyl (C=O) groups is 1. The molecular formula is C16H23NO3. The zero-order valence-corrected chi connectivity index (χ0v) is 12.4. The zero-order valence-electron chi connectivity index (χ0n) is 12.4. The highest BCUT2D eigenvalue weighted by molar-refractivity contribution is 5.78. The van der Waals surface area contributed by atoms with Crippen molar-refractivity contribution >= 4 is 5.97 Å². The lowest BCUT2D eigenvalue weighted by Gasteiger charge is -2.29. The van der Waals surface area contributed by atoms with Gasteiger partial charge in [0.2, 0.25) is 0 Å². The average molecular weight is 277 g/mol. The molecule has 1 aromatic carbocycles. The van der Waals surface area contributed by atoms with Crippen molar-refractivity contribution in [3.63, 3.8) is 0 Å². The average Bonchev–Trinajstić information content (AvgIpc) is 2.96. The summed E-state index contributed by atoms with van der Waals surface area (Å²) in [6.45, 7) is 6.05. The maximum atomic E-state index is 12.4. The largest absolute Gasteiger partial charge is 0.497 e. The van der Waals surface area contributed by atoms with Gasteiger partial charge in [0, 0.05) is 6.54 Å². The summed E-state index contributed by atoms with van der Waals surface area (Å²) in [6, 6.07) is 7.60. The maximum absolute atomic E-state index is 12.4. The molecule has 20 heavy (non-hydrogen) atoms. The number of hydrogen-bond acceptors (Lipinski definition) is 4. The van der Waals surface area contributed by atoms with Crippen molar-refractivity contribution in [1.29, 1.82) is 0 Å². The number of nitrogens with one attached hydrogen (secondary N) is 1. The first-order valence-electron chi connectivity index (χ1n) is 7.09. The molecule has 1 saturated heterocycles. The summed E-state index contributed by atoms with van der Waals surface area (Å²) in [5.41, 5.74) is 0.571. The fourth-order valence-corrected chi connectivity index (χ4v) is 2.67. The van der Waals surface area contributed by atoms with Crippen LogP contribution in [0.4, 0.5) is 0 Å². The Bertz CT molecular complexity index is 465. The molecule has 0 spiro atoms. The lowest BCUT2D eigenvalue weighted by atomic mass is 9.76. The summed E-state index contributed by atoms with van der Waals surface area (Å²) in [5.74, 6) is 0.954. The third-order valence-corrected chi connectivity index (χ3v) is 4.20. The Morgan fingerprint density at radius 2 is 2.25 bits per heavy atom. The van der Waals surface area contributed by atoms with Crippen molar-refractivity contribution in [3.05, 3.63) is 29.8 Å². The highest BCUT2D eigenvalue weighted by atomic mass is 16.5. The molecule has 0 saturated carbocycles. The molecule has 1 heterocycles. The summed E-state index contributed by atoms with van der Waals surface area (Å²) in [6.07, 6.45) is 0.849. The van der Waals surface area contributed by atoms with Crippen molar-refractivity contribution in [2.45, 2.75) is 26.9 Å². The number of hydrogen-bond donors (Lipinski definition) is 1. The van der Waals surface area contributed by atoms with Crippen LogP contribution in [-0.2, 0) is 16.1 Å². The van der Waals surface area contributed by atoms with Crippen LogP contribution in [0.15, 0.2) is 24.3 Å². The molecule has 110 valence electrons. The van der Waals surface area contributed by atoms with Crippen molar-refractivity contribution < 1.29 is 14.3 Å². The lowest BCUT2D eigenvalue weighted by Crippen LogP contribution is -2.39. The molecule has 4 heteroatoms. The van der Waals surface area contributed by atoms with Crippen molar-refractivity contribution in [2.75, 3.05) is 20.2 Å². The third kappa shape index (κ3) is 2.96. The first kappa shape index (κ1) is 14.9. The molecular weight excluding hydrogens is 254 g/mol. The van der Waals surface area contributed by atoms with Crippen LogP contribution in [0.1, 0.15) is 25.8 Å². The minimum absolute atomic E-state index is 0.0969. The first-order chi connectivity index (χ1) is 9.58. The topological polar surface area (TPSA) is 47.6 Å². The third-order valence-electron chi connectivity index (χ3n) is 4.20. The van der Waals surface area contributed by atoms with Crippen LogP contribution >= 0.6 is 0 Å². The number of carbonyl (C=O) groups excluding carboxylic acids is 1. The normalized spacial score (nSPS) is 22.0. The van der Waals surface area contributed by atoms with Gasteiger partial charge < -0.3 is 14.8 Å². The number of methoxy groups -OCH3 is 1. The fraction of sp³-hybridized carbons (Fsp3) is 0.562. The highest BCUT2D eigenvalue weighted by Crippen LogP contribution is 2.35. The van der Waals surface area contributed by atoms with Gasteiger partial charge in [-0.05, 0) is 36.6 Å². The van der Waals surface area contributed by atoms with E-state index < -0.39 is 0 Å². The van der Waals surface area contributed by atoms with Gasteiger partial charge >= 0.3 is 5.97 Å². The number of esters is 1. The van der Waals surface area contributed by atoms with E-state index in [1.807, 2.05) is 24.3 Å². The Hall–Kier alpha value is -1.55. The van der Waals surface area contributed by atoms with Gasteiger partial charge in [0.15, 0.2) is 0 Å². The Morgan fingerprint density at radius 1 is 1.45 bits per heavy atom. The predicted octanol–water partition coefficient (Wildman–Crippen LogP) is 2.37. The van der Waals surface area contributed by atoms with Crippen molar-refractivity contribution in [1.82, 2.24) is 5.32 Å². The zero-order chi connectivity index (χ0) is 14.6. The van der Waals surface area contributed by atoms with Gasteiger partial charge in [-0.2, -0.15) is 0 Å². The van der Waals surface area contributed by atoms with Gasteiger partial charge in [0.25, 0.3) is 0 Å². The second-order valence-electron chi connectivity index (χ2n) is 5.67. The molecule has 0 bridgehead atoms. The molecule has 1 N–H and O–H groups in total. The van der Waals surface area contributed by atoms with E-state index >= 15 is 0 Å². The predicted molar refractivity (Wildman–Crippen MR) is 77.5 cm³/mol. The number of benzene rings is 1. The van der Waals surface area contributed by atoms with E-state index in [1.165, 1.54) is 0 Å². The molecule has 2 rings (SSSR count). The summed E-state index contributed by atoms with van der Waals surface area (Å²) in [7, 11) is 1.63. The van der Waals surface area contributed by atoms with E-state index in [-0.39, 0.29) is 17.3 Å². The lowest BCUT2D eigenvalue weighted by molar-refractivity contribution is -0.159. The molecule has 1 aliphatic rings. The second kappa shape index (κ2) is 6.27. The quantitative estimate of drug-likeness (QED) is 0.839. The number of rotatable bonds is 5. The van der Waals surface area contributed by atoms with Crippen LogP contribution in [0.25, 0.3) is 0 Å². The van der Waals surface area contributed by atoms with Gasteiger partial charge in [-0.1, -0.05) is 26.0 Å². The van der Waals surface area contributed by atoms with Crippen LogP contribution in [-0.4, -0.2) is 26.2 Å². The monoisotopic (exact) mass is 277 g/mol. The van der Waals surface area contributed by atoms with Crippen LogP contribution in [0, 0.1) is 11.3 Å². The SMILES string of the molecule is COc1cccc(COC(=O)C2(C(C)C)CCNC2)c1. The van der Waals surface area contributed by atoms with Crippen molar-refractivity contribution in [3.8, 4) is 5.75 Å². The Kier molecular flexibility index (Phi) is 4.65. The molecule has 1 aromatic rings. The molecule has 0 aromatic heterocycles. The van der Waals surface area contributed by atoms with E-state index in [9.17, 15) is 4.79 Å². The first-order valence-corrected chi connectivity index (χ1v) is 7.09. The van der Waals surface area contributed by atoms with Crippen LogP contribution in [0.3, 0.4) is 0 Å². The maximum Gasteiger partial charge on any atom is 0.314 e. The van der Waals surface area contributed by atoms with Gasteiger partial charge in [-0.15, -0.1) is 0 Å².